The maximum absolute atomic E-state index is 15.8. The van der Waals surface area contributed by atoms with Crippen molar-refractivity contribution in [1.29, 1.82) is 0 Å². The number of imidazole rings is 2. The minimum absolute atomic E-state index is 0.0735. The molecule has 0 aliphatic carbocycles. The van der Waals surface area contributed by atoms with Gasteiger partial charge in [0.1, 0.15) is 48.1 Å². The Bertz CT molecular complexity index is 1700. The standard InChI is InChI=1S/C20H22F2N10O8P2/c21-9-7-1-35-41(33)39-13-8(38-19(10(13)22)31-5-29-11-15(23)25-3-27-17(11)31)2-36-42(34)40-14(9)20(37-7)32-6-30-12-16(24)26-4-28-18(12)32/h3-10,13-14,19-20,41-42H,1-2H2,(H2,23,25,27)(H2,24,26,28)/t7-,8-,9-,10-,13-,14-,19-,20-/m1/s1. The zero-order valence-corrected chi connectivity index (χ0v) is 23.1. The van der Waals surface area contributed by atoms with Gasteiger partial charge in [-0.05, 0) is 0 Å². The molecular formula is C20H22F2N10O8P2. The van der Waals surface area contributed by atoms with E-state index in [0.29, 0.717) is 0 Å². The molecule has 4 N–H and O–H groups in total. The molecule has 10 atom stereocenters. The molecule has 3 aliphatic rings. The monoisotopic (exact) mass is 630 g/mol. The van der Waals surface area contributed by atoms with E-state index < -0.39 is 78.9 Å². The third-order valence-electron chi connectivity index (χ3n) is 7.05. The van der Waals surface area contributed by atoms with Gasteiger partial charge in [-0.3, -0.25) is 22.8 Å². The number of aromatic nitrogens is 8. The second-order valence-corrected chi connectivity index (χ2v) is 11.5. The number of halogens is 2. The van der Waals surface area contributed by atoms with E-state index in [2.05, 4.69) is 29.9 Å². The number of nitrogens with two attached hydrogens (primary N) is 2. The van der Waals surface area contributed by atoms with Crippen LogP contribution in [0.4, 0.5) is 20.4 Å². The molecule has 7 heterocycles. The Labute approximate surface area is 234 Å². The van der Waals surface area contributed by atoms with Crippen molar-refractivity contribution < 1.29 is 45.5 Å². The lowest BCUT2D eigenvalue weighted by molar-refractivity contribution is -0.0553. The minimum Gasteiger partial charge on any atom is -0.382 e. The fourth-order valence-electron chi connectivity index (χ4n) is 5.07. The van der Waals surface area contributed by atoms with Crippen LogP contribution in [0.5, 0.6) is 0 Å². The lowest BCUT2D eigenvalue weighted by Gasteiger charge is -2.22. The Morgan fingerprint density at radius 2 is 1.24 bits per heavy atom. The normalized spacial score (nSPS) is 36.0. The van der Waals surface area contributed by atoms with Gasteiger partial charge in [0.05, 0.1) is 25.9 Å². The molecule has 0 aromatic carbocycles. The highest BCUT2D eigenvalue weighted by molar-refractivity contribution is 7.33. The van der Waals surface area contributed by atoms with Gasteiger partial charge < -0.3 is 34.5 Å². The minimum atomic E-state index is -3.44. The fraction of sp³-hybridized carbons (Fsp3) is 0.500. The van der Waals surface area contributed by atoms with E-state index in [1.54, 1.807) is 0 Å². The zero-order chi connectivity index (χ0) is 29.1. The zero-order valence-electron chi connectivity index (χ0n) is 21.1. The number of ether oxygens (including phenoxy) is 2. The maximum Gasteiger partial charge on any atom is 0.319 e. The number of hydrogen-bond acceptors (Lipinski definition) is 16. The number of nitrogen functional groups attached to an aromatic ring is 2. The van der Waals surface area contributed by atoms with Crippen molar-refractivity contribution in [3.63, 3.8) is 0 Å². The molecule has 4 aromatic heterocycles. The quantitative estimate of drug-likeness (QED) is 0.293. The van der Waals surface area contributed by atoms with Gasteiger partial charge >= 0.3 is 16.5 Å². The van der Waals surface area contributed by atoms with Crippen LogP contribution < -0.4 is 11.5 Å². The molecule has 0 saturated carbocycles. The molecule has 22 heteroatoms. The number of nitrogens with zero attached hydrogens (tertiary/aromatic N) is 8. The van der Waals surface area contributed by atoms with Crippen LogP contribution in [0.2, 0.25) is 0 Å². The molecule has 4 aromatic rings. The number of rotatable bonds is 2. The van der Waals surface area contributed by atoms with Crippen LogP contribution >= 0.6 is 16.5 Å². The number of alkyl halides is 2. The summed E-state index contributed by atoms with van der Waals surface area (Å²) in [5, 5.41) is 0. The summed E-state index contributed by atoms with van der Waals surface area (Å²) >= 11 is 0. The molecule has 2 unspecified atom stereocenters. The van der Waals surface area contributed by atoms with Gasteiger partial charge in [0.25, 0.3) is 0 Å². The average molecular weight is 630 g/mol. The van der Waals surface area contributed by atoms with Gasteiger partial charge in [-0.15, -0.1) is 0 Å². The van der Waals surface area contributed by atoms with Gasteiger partial charge in [0, 0.05) is 0 Å². The largest absolute Gasteiger partial charge is 0.382 e. The molecule has 3 saturated heterocycles. The SMILES string of the molecule is Nc1ncnc2c1ncn2[C@@H]1O[C@@H]2CO[PH](=O)O[C@@H]3[C@H](F)[C@@H](CO[PH](=O)O[C@H]2[C@H]1F)O[C@H]3n1cnc2c(N)ncnc21. The molecule has 42 heavy (non-hydrogen) atoms. The molecule has 0 spiro atoms. The lowest BCUT2D eigenvalue weighted by atomic mass is 10.1. The van der Waals surface area contributed by atoms with E-state index in [-0.39, 0.29) is 34.0 Å². The van der Waals surface area contributed by atoms with Crippen molar-refractivity contribution >= 4 is 50.5 Å². The Hall–Kier alpha value is -3.22. The highest BCUT2D eigenvalue weighted by Gasteiger charge is 2.51. The molecule has 18 nitrogen and oxygen atoms in total. The fourth-order valence-corrected chi connectivity index (χ4v) is 6.78. The predicted molar refractivity (Wildman–Crippen MR) is 137 cm³/mol. The first kappa shape index (κ1) is 27.6. The molecule has 3 aliphatic heterocycles. The first-order chi connectivity index (χ1) is 20.3. The summed E-state index contributed by atoms with van der Waals surface area (Å²) in [5.74, 6) is 0.153. The number of fused-ring (bicyclic) bond motifs is 5. The van der Waals surface area contributed by atoms with Gasteiger partial charge in [-0.2, -0.15) is 0 Å². The smallest absolute Gasteiger partial charge is 0.319 e. The second kappa shape index (κ2) is 10.8. The Balaban J connectivity index is 1.15. The maximum atomic E-state index is 15.8. The highest BCUT2D eigenvalue weighted by atomic mass is 31.1. The van der Waals surface area contributed by atoms with Gasteiger partial charge in [0.15, 0.2) is 47.7 Å². The van der Waals surface area contributed by atoms with Gasteiger partial charge in [0.2, 0.25) is 0 Å². The molecular weight excluding hydrogens is 608 g/mol. The number of anilines is 2. The van der Waals surface area contributed by atoms with Gasteiger partial charge in [-0.1, -0.05) is 0 Å². The van der Waals surface area contributed by atoms with E-state index in [0.717, 1.165) is 0 Å². The van der Waals surface area contributed by atoms with E-state index in [1.807, 2.05) is 0 Å². The third kappa shape index (κ3) is 4.64. The first-order valence-electron chi connectivity index (χ1n) is 12.4. The topological polar surface area (TPSA) is 229 Å². The van der Waals surface area contributed by atoms with Gasteiger partial charge in [-0.25, -0.2) is 38.7 Å². The molecule has 224 valence electrons. The van der Waals surface area contributed by atoms with Crippen LogP contribution in [-0.4, -0.2) is 89.0 Å². The van der Waals surface area contributed by atoms with E-state index in [9.17, 15) is 9.13 Å². The third-order valence-corrected chi connectivity index (χ3v) is 8.78. The molecule has 0 amide bonds. The molecule has 3 fully saturated rings. The summed E-state index contributed by atoms with van der Waals surface area (Å²) in [5.41, 5.74) is 12.5. The van der Waals surface area contributed by atoms with E-state index in [1.165, 1.54) is 34.4 Å². The Morgan fingerprint density at radius 3 is 1.86 bits per heavy atom. The Kier molecular flexibility index (Phi) is 7.10. The predicted octanol–water partition coefficient (Wildman–Crippen LogP) is 0.898. The second-order valence-electron chi connectivity index (χ2n) is 9.47. The van der Waals surface area contributed by atoms with Crippen LogP contribution in [0.3, 0.4) is 0 Å². The van der Waals surface area contributed by atoms with Crippen LogP contribution in [0.15, 0.2) is 25.3 Å². The number of hydrogen-bond donors (Lipinski definition) is 2. The van der Waals surface area contributed by atoms with Crippen LogP contribution in [-0.2, 0) is 36.7 Å². The summed E-state index contributed by atoms with van der Waals surface area (Å²) < 4.78 is 92.8. The van der Waals surface area contributed by atoms with Crippen LogP contribution in [0.1, 0.15) is 12.5 Å². The van der Waals surface area contributed by atoms with Crippen molar-refractivity contribution in [2.45, 2.75) is 49.2 Å². The molecule has 2 bridgehead atoms. The van der Waals surface area contributed by atoms with E-state index >= 15 is 8.78 Å². The summed E-state index contributed by atoms with van der Waals surface area (Å²) in [6.45, 7) is -1.10. The van der Waals surface area contributed by atoms with Crippen LogP contribution in [0, 0.1) is 0 Å². The van der Waals surface area contributed by atoms with Crippen molar-refractivity contribution in [2.75, 3.05) is 24.7 Å². The summed E-state index contributed by atoms with van der Waals surface area (Å²) in [6.07, 6.45) is -7.13. The Morgan fingerprint density at radius 1 is 0.714 bits per heavy atom. The summed E-state index contributed by atoms with van der Waals surface area (Å²) in [6, 6.07) is 0. The van der Waals surface area contributed by atoms with Crippen molar-refractivity contribution in [3.8, 4) is 0 Å². The first-order valence-corrected chi connectivity index (χ1v) is 14.9. The molecule has 7 rings (SSSR count). The summed E-state index contributed by atoms with van der Waals surface area (Å²) in [7, 11) is -6.88. The highest BCUT2D eigenvalue weighted by Crippen LogP contribution is 2.45. The van der Waals surface area contributed by atoms with Crippen molar-refractivity contribution in [2.24, 2.45) is 0 Å². The van der Waals surface area contributed by atoms with Crippen molar-refractivity contribution in [1.82, 2.24) is 39.0 Å². The lowest BCUT2D eigenvalue weighted by Crippen LogP contribution is -2.32. The average Bonchev–Trinajstić information content (AvgIpc) is 3.73. The summed E-state index contributed by atoms with van der Waals surface area (Å²) in [4.78, 5) is 24.2. The van der Waals surface area contributed by atoms with Crippen molar-refractivity contribution in [3.05, 3.63) is 25.3 Å². The molecule has 0 radical (unpaired) electrons. The van der Waals surface area contributed by atoms with Crippen LogP contribution in [0.25, 0.3) is 22.3 Å². The van der Waals surface area contributed by atoms with E-state index in [4.69, 9.17) is 39.0 Å².